The average molecular weight is 1960 g/mol. The first kappa shape index (κ1) is 53.2. The molecule has 0 N–H and O–H groups in total. The second-order valence-corrected chi connectivity index (χ2v) is 34.2. The van der Waals surface area contributed by atoms with E-state index >= 15 is 0 Å². The molecule has 0 atom stereocenters. The molecule has 0 saturated heterocycles. The molecule has 15 heteroatoms. The molecular formula is C135H87N15. The standard InChI is InChI=1S/3C45H29N5/c3*1-4-14-30(15-5-1)43-46-44(31-16-6-2-7-17-31)48-45(47-43)32-24-26-34(27-25-32)50-40-23-13-11-21-36(40)38-28-37-35-20-10-12-22-39(35)49(41(37)29-42(38)50)33-18-8-3-9-19-33/h3*1-29H/i1D,2D,3D,4D,5D,6D,7D,8D,9D,10D,11D,12D,13D,14D,15D,16D,17D,18D,19D,20D,21D,22D,23D,24D,25D,26D,27D,28D,29D;3D,8D,9D,10D,11D,12D,13D,18D,19D,20D,21D,22D,23D,28D,29D;. The summed E-state index contributed by atoms with van der Waals surface area (Å²) in [5, 5.41) is 1.92. The van der Waals surface area contributed by atoms with Crippen molar-refractivity contribution >= 4 is 131 Å². The highest BCUT2D eigenvalue weighted by atomic mass is 15.1. The van der Waals surface area contributed by atoms with Gasteiger partial charge in [-0.15, -0.1) is 0 Å². The molecule has 0 aliphatic heterocycles. The molecule has 702 valence electrons. The second kappa shape index (κ2) is 37.0. The van der Waals surface area contributed by atoms with Gasteiger partial charge in [-0.05, 0) is 182 Å². The molecule has 0 aliphatic carbocycles. The molecule has 0 aliphatic rings. The van der Waals surface area contributed by atoms with Crippen molar-refractivity contribution in [3.63, 3.8) is 0 Å². The van der Waals surface area contributed by atoms with Gasteiger partial charge in [-0.2, -0.15) is 0 Å². The second-order valence-electron chi connectivity index (χ2n) is 34.2. The number of benzene rings is 21. The first-order valence-corrected chi connectivity index (χ1v) is 46.8. The maximum Gasteiger partial charge on any atom is 0.164 e. The Balaban J connectivity index is 0.000000133. The summed E-state index contributed by atoms with van der Waals surface area (Å²) >= 11 is 0. The molecule has 0 spiro atoms. The minimum absolute atomic E-state index is 0.105. The van der Waals surface area contributed by atoms with Gasteiger partial charge in [0.25, 0.3) is 0 Å². The molecule has 0 saturated carbocycles. The predicted octanol–water partition coefficient (Wildman–Crippen LogP) is 33.2. The smallest absolute Gasteiger partial charge is 0.164 e. The van der Waals surface area contributed by atoms with Gasteiger partial charge in [-0.3, -0.25) is 0 Å². The highest BCUT2D eigenvalue weighted by Gasteiger charge is 2.26. The van der Waals surface area contributed by atoms with Gasteiger partial charge < -0.3 is 27.4 Å². The molecule has 30 aromatic rings. The largest absolute Gasteiger partial charge is 0.309 e. The molecule has 0 radical (unpaired) electrons. The molecule has 0 unspecified atom stereocenters. The Morgan fingerprint density at radius 2 is 0.360 bits per heavy atom. The van der Waals surface area contributed by atoms with Crippen LogP contribution in [-0.4, -0.2) is 72.3 Å². The summed E-state index contributed by atoms with van der Waals surface area (Å²) in [5.41, 5.74) is 3.96. The van der Waals surface area contributed by atoms with Gasteiger partial charge in [0.1, 0.15) is 0 Å². The number of fused-ring (bicyclic) bond motifs is 18. The number of rotatable bonds is 15. The van der Waals surface area contributed by atoms with Crippen LogP contribution in [0.1, 0.15) is 60.3 Å². The van der Waals surface area contributed by atoms with Crippen molar-refractivity contribution in [1.82, 2.24) is 72.3 Å². The minimum atomic E-state index is -1.12. The van der Waals surface area contributed by atoms with Crippen LogP contribution in [0.25, 0.3) is 267 Å². The maximum absolute atomic E-state index is 10.1. The van der Waals surface area contributed by atoms with Crippen molar-refractivity contribution in [1.29, 1.82) is 0 Å². The van der Waals surface area contributed by atoms with Crippen molar-refractivity contribution in [2.45, 2.75) is 0 Å². The summed E-state index contributed by atoms with van der Waals surface area (Å²) in [6.07, 6.45) is 0. The Kier molecular flexibility index (Phi) is 13.1. The minimum Gasteiger partial charge on any atom is -0.309 e. The molecule has 0 bridgehead atoms. The molecule has 9 heterocycles. The van der Waals surface area contributed by atoms with E-state index in [4.69, 9.17) is 75.1 Å². The molecule has 30 rings (SSSR count). The van der Waals surface area contributed by atoms with Gasteiger partial charge in [0.05, 0.1) is 127 Å². The highest BCUT2D eigenvalue weighted by Crippen LogP contribution is 2.46. The van der Waals surface area contributed by atoms with Crippen molar-refractivity contribution in [2.24, 2.45) is 0 Å². The normalized spacial score (nSPS) is 15.7. The van der Waals surface area contributed by atoms with E-state index in [1.807, 2.05) is 121 Å². The maximum atomic E-state index is 10.1. The number of nitrogens with zero attached hydrogens (tertiary/aromatic N) is 15. The Bertz CT molecular complexity index is 13000. The van der Waals surface area contributed by atoms with Crippen LogP contribution in [-0.2, 0) is 0 Å². The molecule has 9 aromatic heterocycles. The van der Waals surface area contributed by atoms with Gasteiger partial charge in [0.2, 0.25) is 0 Å². The summed E-state index contributed by atoms with van der Waals surface area (Å²) in [6.45, 7) is 0. The SMILES string of the molecule is [2H]c1c([2H])c([2H])c(-c2nc(-c3c([2H])c([2H])c([2H])c([2H])c3[2H])nc(-c3c([2H])c([2H])c(-n4c5c([2H])c([2H])c([2H])c([2H])c5c5c([2H])c6c7c([2H])c([2H])c([2H])c([2H])c7n(-c7c([2H])c([2H])c([2H])c([2H])c7[2H])c6c([2H])c54)c([2H])c3[2H])n2)c([2H])c1[2H].[2H]c1c([2H])c([2H])c(-n2c3c([2H])c([2H])c([2H])c([2H])c3c3c([2H])c4c5c([2H])c([2H])c([2H])c([2H])c5n(-c5ccc(-c6nc(-c7ccccc7)nc(-c7ccccc7)n6)cc5)c4c([2H])c32)c([2H])c1[2H].c1ccc(-c2nc(-c3ccccc3)nc(-c3ccc(-n4c5ccccc5c5cc6c7ccccc7n(-c7ccccc7)c6cc54)cc3)n2)cc1. The first-order chi connectivity index (χ1) is 92.7. The summed E-state index contributed by atoms with van der Waals surface area (Å²) in [7, 11) is 0. The van der Waals surface area contributed by atoms with E-state index in [2.05, 4.69) is 139 Å². The van der Waals surface area contributed by atoms with Gasteiger partial charge in [-0.25, -0.2) is 44.9 Å². The zero-order valence-electron chi connectivity index (χ0n) is 122. The first-order valence-electron chi connectivity index (χ1n) is 68.8. The predicted molar refractivity (Wildman–Crippen MR) is 614 cm³/mol. The van der Waals surface area contributed by atoms with Gasteiger partial charge in [0.15, 0.2) is 52.4 Å². The fraction of sp³-hybridized carbons (Fsp3) is 0. The lowest BCUT2D eigenvalue weighted by Crippen LogP contribution is -2.00. The molecule has 15 nitrogen and oxygen atoms in total. The third-order valence-electron chi connectivity index (χ3n) is 25.6. The fourth-order valence-corrected chi connectivity index (χ4v) is 19.0. The lowest BCUT2D eigenvalue weighted by atomic mass is 10.1. The topological polar surface area (TPSA) is 146 Å². The Morgan fingerprint density at radius 3 is 0.680 bits per heavy atom. The van der Waals surface area contributed by atoms with Crippen LogP contribution in [0, 0.1) is 0 Å². The van der Waals surface area contributed by atoms with Gasteiger partial charge in [0, 0.05) is 149 Å². The van der Waals surface area contributed by atoms with Crippen LogP contribution >= 0.6 is 0 Å². The Hall–Kier alpha value is -20.6. The lowest BCUT2D eigenvalue weighted by molar-refractivity contribution is 1.07. The number of para-hydroxylation sites is 9. The zero-order valence-corrected chi connectivity index (χ0v) is 77.5. The number of hydrogen-bond acceptors (Lipinski definition) is 9. The third kappa shape index (κ3) is 15.4. The fourth-order valence-electron chi connectivity index (χ4n) is 19.0. The lowest BCUT2D eigenvalue weighted by Gasteiger charge is -2.11. The molecule has 0 amide bonds. The monoisotopic (exact) mass is 1960 g/mol. The van der Waals surface area contributed by atoms with E-state index in [0.717, 1.165) is 59.4 Å². The van der Waals surface area contributed by atoms with E-state index in [9.17, 15) is 15.1 Å². The molecular weight excluding hydrogens is 1830 g/mol. The summed E-state index contributed by atoms with van der Waals surface area (Å²) < 4.78 is 400. The number of hydrogen-bond donors (Lipinski definition) is 0. The van der Waals surface area contributed by atoms with Crippen LogP contribution in [0.4, 0.5) is 0 Å². The van der Waals surface area contributed by atoms with Crippen LogP contribution < -0.4 is 0 Å². The number of aromatic nitrogens is 15. The van der Waals surface area contributed by atoms with Crippen LogP contribution in [0.5, 0.6) is 0 Å². The van der Waals surface area contributed by atoms with E-state index in [1.165, 1.54) is 37.1 Å². The molecule has 21 aromatic carbocycles. The van der Waals surface area contributed by atoms with Crippen molar-refractivity contribution in [3.05, 3.63) is 527 Å². The quantitative estimate of drug-likeness (QED) is 0.0979. The Labute approximate surface area is 923 Å². The third-order valence-corrected chi connectivity index (χ3v) is 25.6. The highest BCUT2D eigenvalue weighted by molar-refractivity contribution is 6.23. The van der Waals surface area contributed by atoms with Crippen molar-refractivity contribution in [2.75, 3.05) is 0 Å². The Morgan fingerprint density at radius 1 is 0.127 bits per heavy atom. The van der Waals surface area contributed by atoms with E-state index < -0.39 is 361 Å². The molecule has 0 fully saturated rings. The summed E-state index contributed by atoms with van der Waals surface area (Å²) in [4.78, 5) is 41.8. The average Bonchev–Trinajstić information content (AvgIpc) is 1.51. The van der Waals surface area contributed by atoms with Gasteiger partial charge in [-0.1, -0.05) is 345 Å². The molecule has 150 heavy (non-hydrogen) atoms. The van der Waals surface area contributed by atoms with Crippen LogP contribution in [0.15, 0.2) is 527 Å². The van der Waals surface area contributed by atoms with E-state index in [-0.39, 0.29) is 49.3 Å². The van der Waals surface area contributed by atoms with Gasteiger partial charge >= 0.3 is 0 Å². The van der Waals surface area contributed by atoms with Crippen molar-refractivity contribution in [3.8, 4) is 137 Å². The van der Waals surface area contributed by atoms with Crippen LogP contribution in [0.2, 0.25) is 0 Å². The summed E-state index contributed by atoms with van der Waals surface area (Å²) in [6, 6.07) is 50.5. The summed E-state index contributed by atoms with van der Waals surface area (Å²) in [5.74, 6) is 0.532. The van der Waals surface area contributed by atoms with E-state index in [0.29, 0.717) is 45.1 Å². The van der Waals surface area contributed by atoms with Crippen LogP contribution in [0.3, 0.4) is 0 Å². The van der Waals surface area contributed by atoms with Crippen molar-refractivity contribution < 1.29 is 60.3 Å². The zero-order chi connectivity index (χ0) is 137. The van der Waals surface area contributed by atoms with E-state index in [1.54, 1.807) is 24.3 Å².